The van der Waals surface area contributed by atoms with Crippen LogP contribution in [0.25, 0.3) is 10.8 Å². The highest BCUT2D eigenvalue weighted by Crippen LogP contribution is 2.33. The van der Waals surface area contributed by atoms with Crippen molar-refractivity contribution in [2.45, 2.75) is 18.0 Å². The minimum absolute atomic E-state index is 0.0117. The molecule has 1 aliphatic heterocycles. The molecule has 0 N–H and O–H groups in total. The first-order valence-corrected chi connectivity index (χ1v) is 14.0. The first-order chi connectivity index (χ1) is 17.9. The number of nitrogens with zero attached hydrogens (tertiary/aromatic N) is 2. The third-order valence-electron chi connectivity index (χ3n) is 6.09. The van der Waals surface area contributed by atoms with Gasteiger partial charge >= 0.3 is 0 Å². The highest BCUT2D eigenvalue weighted by Gasteiger charge is 2.28. The first kappa shape index (κ1) is 25.0. The summed E-state index contributed by atoms with van der Waals surface area (Å²) in [6.45, 7) is 4.25. The van der Waals surface area contributed by atoms with Gasteiger partial charge in [0.25, 0.3) is 0 Å². The third-order valence-corrected chi connectivity index (χ3v) is 8.76. The Balaban J connectivity index is 1.41. The molecule has 1 amide bonds. The molecule has 1 aliphatic rings. The van der Waals surface area contributed by atoms with E-state index in [0.717, 1.165) is 21.2 Å². The van der Waals surface area contributed by atoms with Crippen molar-refractivity contribution in [3.05, 3.63) is 101 Å². The minimum atomic E-state index is -3.95. The van der Waals surface area contributed by atoms with Crippen LogP contribution < -0.4 is 9.47 Å². The van der Waals surface area contributed by atoms with E-state index in [1.807, 2.05) is 60.0 Å². The fourth-order valence-electron chi connectivity index (χ4n) is 4.20. The molecule has 0 fully saturated rings. The maximum Gasteiger partial charge on any atom is 0.243 e. The SMILES string of the molecule is C=CCN(CC(=O)N(Cc1ccc2c(c1)OCO2)Cc1cccs1)S(=O)(=O)c1ccc2ccccc2c1. The number of hydrogen-bond acceptors (Lipinski definition) is 6. The van der Waals surface area contributed by atoms with Gasteiger partial charge in [-0.25, -0.2) is 8.42 Å². The maximum atomic E-state index is 13.6. The zero-order valence-corrected chi connectivity index (χ0v) is 21.7. The van der Waals surface area contributed by atoms with Gasteiger partial charge in [-0.3, -0.25) is 4.79 Å². The first-order valence-electron chi connectivity index (χ1n) is 11.7. The molecule has 0 saturated heterocycles. The van der Waals surface area contributed by atoms with Gasteiger partial charge in [-0.15, -0.1) is 17.9 Å². The summed E-state index contributed by atoms with van der Waals surface area (Å²) in [6.07, 6.45) is 1.49. The highest BCUT2D eigenvalue weighted by molar-refractivity contribution is 7.89. The van der Waals surface area contributed by atoms with Gasteiger partial charge in [0.15, 0.2) is 11.5 Å². The smallest absolute Gasteiger partial charge is 0.243 e. The molecule has 0 radical (unpaired) electrons. The topological polar surface area (TPSA) is 76.2 Å². The lowest BCUT2D eigenvalue weighted by Gasteiger charge is -2.27. The molecule has 0 atom stereocenters. The second-order valence-corrected chi connectivity index (χ2v) is 11.6. The van der Waals surface area contributed by atoms with Crippen molar-refractivity contribution in [1.29, 1.82) is 0 Å². The van der Waals surface area contributed by atoms with Gasteiger partial charge in [0.2, 0.25) is 22.7 Å². The fraction of sp³-hybridized carbons (Fsp3) is 0.179. The van der Waals surface area contributed by atoms with Crippen LogP contribution in [0.4, 0.5) is 0 Å². The van der Waals surface area contributed by atoms with Crippen molar-refractivity contribution in [3.63, 3.8) is 0 Å². The van der Waals surface area contributed by atoms with Gasteiger partial charge in [-0.2, -0.15) is 4.31 Å². The Morgan fingerprint density at radius 1 is 0.946 bits per heavy atom. The largest absolute Gasteiger partial charge is 0.454 e. The van der Waals surface area contributed by atoms with Gasteiger partial charge in [0.1, 0.15) is 0 Å². The fourth-order valence-corrected chi connectivity index (χ4v) is 6.32. The molecule has 0 bridgehead atoms. The van der Waals surface area contributed by atoms with E-state index in [4.69, 9.17) is 9.47 Å². The Labute approximate surface area is 220 Å². The van der Waals surface area contributed by atoms with E-state index in [2.05, 4.69) is 6.58 Å². The normalized spacial score (nSPS) is 12.7. The molecule has 0 aliphatic carbocycles. The zero-order valence-electron chi connectivity index (χ0n) is 20.1. The summed E-state index contributed by atoms with van der Waals surface area (Å²) in [4.78, 5) is 16.4. The summed E-state index contributed by atoms with van der Waals surface area (Å²) in [6, 6.07) is 22.0. The highest BCUT2D eigenvalue weighted by atomic mass is 32.2. The summed E-state index contributed by atoms with van der Waals surface area (Å²) >= 11 is 1.55. The molecular weight excluding hydrogens is 508 g/mol. The molecule has 2 heterocycles. The van der Waals surface area contributed by atoms with Gasteiger partial charge in [0.05, 0.1) is 18.0 Å². The van der Waals surface area contributed by atoms with E-state index in [1.54, 1.807) is 34.4 Å². The van der Waals surface area contributed by atoms with Crippen LogP contribution in [0.1, 0.15) is 10.4 Å². The molecule has 9 heteroatoms. The Bertz CT molecular complexity index is 1530. The van der Waals surface area contributed by atoms with E-state index < -0.39 is 10.0 Å². The maximum absolute atomic E-state index is 13.6. The van der Waals surface area contributed by atoms with Gasteiger partial charge in [-0.1, -0.05) is 48.5 Å². The number of carbonyl (C=O) groups is 1. The monoisotopic (exact) mass is 534 g/mol. The van der Waals surface area contributed by atoms with E-state index >= 15 is 0 Å². The van der Waals surface area contributed by atoms with Crippen LogP contribution in [0.15, 0.2) is 95.7 Å². The lowest BCUT2D eigenvalue weighted by molar-refractivity contribution is -0.132. The molecule has 190 valence electrons. The van der Waals surface area contributed by atoms with Crippen LogP contribution in [-0.4, -0.2) is 43.4 Å². The Morgan fingerprint density at radius 2 is 1.76 bits per heavy atom. The van der Waals surface area contributed by atoms with Gasteiger partial charge in [-0.05, 0) is 52.0 Å². The number of rotatable bonds is 10. The second kappa shape index (κ2) is 10.8. The standard InChI is InChI=1S/C28H26N2O5S2/c1-2-13-30(37(32,33)25-11-10-22-6-3-4-7-23(22)16-25)19-28(31)29(18-24-8-5-14-36-24)17-21-9-12-26-27(15-21)35-20-34-26/h2-12,14-16H,1,13,17-20H2. The van der Waals surface area contributed by atoms with Crippen LogP contribution in [0, 0.1) is 0 Å². The summed E-state index contributed by atoms with van der Waals surface area (Å²) in [5, 5.41) is 3.71. The number of ether oxygens (including phenoxy) is 2. The Kier molecular flexibility index (Phi) is 7.27. The number of benzene rings is 3. The molecule has 1 aromatic heterocycles. The van der Waals surface area contributed by atoms with Crippen LogP contribution in [0.2, 0.25) is 0 Å². The van der Waals surface area contributed by atoms with Crippen LogP contribution in [0.5, 0.6) is 11.5 Å². The van der Waals surface area contributed by atoms with Crippen LogP contribution >= 0.6 is 11.3 Å². The molecule has 3 aromatic carbocycles. The average Bonchev–Trinajstić information content (AvgIpc) is 3.59. The number of sulfonamides is 1. The number of fused-ring (bicyclic) bond motifs is 2. The van der Waals surface area contributed by atoms with Crippen LogP contribution in [0.3, 0.4) is 0 Å². The lowest BCUT2D eigenvalue weighted by Crippen LogP contribution is -2.42. The molecule has 4 aromatic rings. The van der Waals surface area contributed by atoms with E-state index in [1.165, 1.54) is 10.4 Å². The number of thiophene rings is 1. The van der Waals surface area contributed by atoms with Gasteiger partial charge < -0.3 is 14.4 Å². The minimum Gasteiger partial charge on any atom is -0.454 e. The van der Waals surface area contributed by atoms with E-state index in [9.17, 15) is 13.2 Å². The number of amides is 1. The van der Waals surface area contributed by atoms with Crippen molar-refractivity contribution in [2.24, 2.45) is 0 Å². The van der Waals surface area contributed by atoms with Crippen molar-refractivity contribution < 1.29 is 22.7 Å². The van der Waals surface area contributed by atoms with Gasteiger partial charge in [0, 0.05) is 18.0 Å². The molecule has 0 saturated carbocycles. The lowest BCUT2D eigenvalue weighted by atomic mass is 10.1. The van der Waals surface area contributed by atoms with E-state index in [-0.39, 0.29) is 30.7 Å². The van der Waals surface area contributed by atoms with E-state index in [0.29, 0.717) is 24.6 Å². The second-order valence-electron chi connectivity index (χ2n) is 8.61. The van der Waals surface area contributed by atoms with Crippen molar-refractivity contribution in [2.75, 3.05) is 19.9 Å². The summed E-state index contributed by atoms with van der Waals surface area (Å²) in [5.41, 5.74) is 0.863. The van der Waals surface area contributed by atoms with Crippen LogP contribution in [-0.2, 0) is 27.9 Å². The molecule has 0 unspecified atom stereocenters. The Hall–Kier alpha value is -3.66. The summed E-state index contributed by atoms with van der Waals surface area (Å²) in [7, 11) is -3.95. The average molecular weight is 535 g/mol. The Morgan fingerprint density at radius 3 is 2.54 bits per heavy atom. The molecular formula is C28H26N2O5S2. The predicted octanol–water partition coefficient (Wildman–Crippen LogP) is 5.04. The van der Waals surface area contributed by atoms with Crippen molar-refractivity contribution in [1.82, 2.24) is 9.21 Å². The number of carbonyl (C=O) groups excluding carboxylic acids is 1. The summed E-state index contributed by atoms with van der Waals surface area (Å²) in [5.74, 6) is 0.990. The third kappa shape index (κ3) is 5.53. The van der Waals surface area contributed by atoms with Crippen molar-refractivity contribution >= 4 is 38.0 Å². The molecule has 0 spiro atoms. The molecule has 5 rings (SSSR count). The predicted molar refractivity (Wildman–Crippen MR) is 144 cm³/mol. The number of hydrogen-bond donors (Lipinski definition) is 0. The zero-order chi connectivity index (χ0) is 25.8. The quantitative estimate of drug-likeness (QED) is 0.267. The van der Waals surface area contributed by atoms with Crippen molar-refractivity contribution in [3.8, 4) is 11.5 Å². The summed E-state index contributed by atoms with van der Waals surface area (Å²) < 4.78 is 39.3. The molecule has 37 heavy (non-hydrogen) atoms. The molecule has 7 nitrogen and oxygen atoms in total.